The molecule has 2 rings (SSSR count). The Balaban J connectivity index is 2.43. The minimum atomic E-state index is -3.34. The van der Waals surface area contributed by atoms with Gasteiger partial charge in [0, 0.05) is 19.6 Å². The molecule has 1 aliphatic rings. The van der Waals surface area contributed by atoms with Crippen LogP contribution in [0.2, 0.25) is 0 Å². The van der Waals surface area contributed by atoms with Crippen molar-refractivity contribution in [2.24, 2.45) is 5.92 Å². The molecule has 0 saturated carbocycles. The molecule has 1 aromatic rings. The summed E-state index contributed by atoms with van der Waals surface area (Å²) in [4.78, 5) is 0.387. The van der Waals surface area contributed by atoms with Crippen molar-refractivity contribution in [3.05, 3.63) is 24.3 Å². The highest BCUT2D eigenvalue weighted by Crippen LogP contribution is 2.27. The van der Waals surface area contributed by atoms with Crippen molar-refractivity contribution in [3.63, 3.8) is 0 Å². The number of benzene rings is 1. The van der Waals surface area contributed by atoms with E-state index in [0.717, 1.165) is 0 Å². The minimum Gasteiger partial charge on any atom is -0.383 e. The monoisotopic (exact) mass is 254 g/mol. The van der Waals surface area contributed by atoms with E-state index in [1.54, 1.807) is 16.4 Å². The van der Waals surface area contributed by atoms with Gasteiger partial charge in [-0.25, -0.2) is 8.42 Å². The lowest BCUT2D eigenvalue weighted by Crippen LogP contribution is -2.35. The van der Waals surface area contributed by atoms with Crippen molar-refractivity contribution in [1.29, 1.82) is 0 Å². The third kappa shape index (κ3) is 2.45. The average Bonchev–Trinajstić information content (AvgIpc) is 2.38. The molecule has 0 amide bonds. The van der Waals surface area contributed by atoms with Crippen LogP contribution < -0.4 is 5.32 Å². The molecule has 17 heavy (non-hydrogen) atoms. The Morgan fingerprint density at radius 2 is 2.06 bits per heavy atom. The molecule has 1 N–H and O–H groups in total. The second kappa shape index (κ2) is 4.66. The Hall–Kier alpha value is -1.07. The Morgan fingerprint density at radius 1 is 1.35 bits per heavy atom. The molecule has 0 saturated heterocycles. The topological polar surface area (TPSA) is 49.4 Å². The first kappa shape index (κ1) is 12.4. The lowest BCUT2D eigenvalue weighted by molar-refractivity contribution is 0.379. The van der Waals surface area contributed by atoms with Gasteiger partial charge < -0.3 is 5.32 Å². The van der Waals surface area contributed by atoms with Crippen molar-refractivity contribution < 1.29 is 8.42 Å². The second-order valence-electron chi connectivity index (χ2n) is 4.68. The SMILES string of the molecule is CC(C)CN1CCNc2ccccc2S1(=O)=O. The van der Waals surface area contributed by atoms with Gasteiger partial charge in [-0.05, 0) is 18.1 Å². The molecular formula is C12H18N2O2S. The zero-order valence-electron chi connectivity index (χ0n) is 10.2. The maximum absolute atomic E-state index is 12.4. The molecule has 1 aromatic carbocycles. The molecule has 0 fully saturated rings. The van der Waals surface area contributed by atoms with Crippen LogP contribution in [0.3, 0.4) is 0 Å². The fraction of sp³-hybridized carbons (Fsp3) is 0.500. The van der Waals surface area contributed by atoms with E-state index in [1.165, 1.54) is 0 Å². The first-order valence-corrected chi connectivity index (χ1v) is 7.29. The van der Waals surface area contributed by atoms with E-state index in [9.17, 15) is 8.42 Å². The van der Waals surface area contributed by atoms with Gasteiger partial charge in [-0.2, -0.15) is 4.31 Å². The van der Waals surface area contributed by atoms with Gasteiger partial charge in [0.1, 0.15) is 4.90 Å². The predicted octanol–water partition coefficient (Wildman–Crippen LogP) is 1.76. The summed E-state index contributed by atoms with van der Waals surface area (Å²) >= 11 is 0. The summed E-state index contributed by atoms with van der Waals surface area (Å²) in [5.41, 5.74) is 0.707. The van der Waals surface area contributed by atoms with Crippen LogP contribution in [0.25, 0.3) is 0 Å². The predicted molar refractivity (Wildman–Crippen MR) is 68.5 cm³/mol. The van der Waals surface area contributed by atoms with Gasteiger partial charge in [0.15, 0.2) is 0 Å². The summed E-state index contributed by atoms with van der Waals surface area (Å²) in [7, 11) is -3.34. The molecule has 94 valence electrons. The number of anilines is 1. The summed E-state index contributed by atoms with van der Waals surface area (Å²) in [6.45, 7) is 5.80. The molecule has 0 radical (unpaired) electrons. The Morgan fingerprint density at radius 3 is 2.76 bits per heavy atom. The molecule has 1 aliphatic heterocycles. The lowest BCUT2D eigenvalue weighted by Gasteiger charge is -2.21. The standard InChI is InChI=1S/C12H18N2O2S/c1-10(2)9-14-8-7-13-11-5-3-4-6-12(11)17(14,15)16/h3-6,10,13H,7-9H2,1-2H3. The van der Waals surface area contributed by atoms with Gasteiger partial charge in [0.2, 0.25) is 10.0 Å². The van der Waals surface area contributed by atoms with Crippen LogP contribution in [0.15, 0.2) is 29.2 Å². The van der Waals surface area contributed by atoms with Crippen LogP contribution in [0.5, 0.6) is 0 Å². The average molecular weight is 254 g/mol. The molecule has 0 bridgehead atoms. The number of nitrogens with zero attached hydrogens (tertiary/aromatic N) is 1. The van der Waals surface area contributed by atoms with Gasteiger partial charge in [-0.1, -0.05) is 26.0 Å². The number of nitrogens with one attached hydrogen (secondary N) is 1. The quantitative estimate of drug-likeness (QED) is 0.875. The first-order chi connectivity index (χ1) is 8.01. The van der Waals surface area contributed by atoms with Crippen molar-refractivity contribution in [1.82, 2.24) is 4.31 Å². The van der Waals surface area contributed by atoms with Crippen LogP contribution >= 0.6 is 0 Å². The Bertz CT molecular complexity index is 497. The largest absolute Gasteiger partial charge is 0.383 e. The van der Waals surface area contributed by atoms with Crippen LogP contribution in [-0.2, 0) is 10.0 Å². The molecule has 0 spiro atoms. The van der Waals surface area contributed by atoms with Gasteiger partial charge in [-0.15, -0.1) is 0 Å². The molecule has 0 unspecified atom stereocenters. The van der Waals surface area contributed by atoms with Gasteiger partial charge >= 0.3 is 0 Å². The summed E-state index contributed by atoms with van der Waals surface area (Å²) < 4.78 is 26.5. The van der Waals surface area contributed by atoms with Crippen LogP contribution in [0, 0.1) is 5.92 Å². The number of rotatable bonds is 2. The number of hydrogen-bond donors (Lipinski definition) is 1. The molecule has 0 atom stereocenters. The van der Waals surface area contributed by atoms with Gasteiger partial charge in [-0.3, -0.25) is 0 Å². The molecule has 4 nitrogen and oxygen atoms in total. The third-order valence-electron chi connectivity index (χ3n) is 2.75. The molecule has 0 aromatic heterocycles. The Labute approximate surface area is 103 Å². The number of para-hydroxylation sites is 1. The maximum Gasteiger partial charge on any atom is 0.245 e. The van der Waals surface area contributed by atoms with Gasteiger partial charge in [0.05, 0.1) is 5.69 Å². The normalized spacial score (nSPS) is 19.5. The summed E-state index contributed by atoms with van der Waals surface area (Å²) in [5.74, 6) is 0.329. The Kier molecular flexibility index (Phi) is 3.40. The van der Waals surface area contributed by atoms with E-state index in [4.69, 9.17) is 0 Å². The van der Waals surface area contributed by atoms with Crippen LogP contribution in [0.4, 0.5) is 5.69 Å². The van der Waals surface area contributed by atoms with E-state index < -0.39 is 10.0 Å². The summed E-state index contributed by atoms with van der Waals surface area (Å²) in [5, 5.41) is 3.16. The number of fused-ring (bicyclic) bond motifs is 1. The van der Waals surface area contributed by atoms with Gasteiger partial charge in [0.25, 0.3) is 0 Å². The first-order valence-electron chi connectivity index (χ1n) is 5.85. The van der Waals surface area contributed by atoms with Crippen molar-refractivity contribution in [3.8, 4) is 0 Å². The fourth-order valence-electron chi connectivity index (χ4n) is 2.01. The summed E-state index contributed by atoms with van der Waals surface area (Å²) in [6, 6.07) is 7.08. The second-order valence-corrected chi connectivity index (χ2v) is 6.59. The smallest absolute Gasteiger partial charge is 0.245 e. The summed E-state index contributed by atoms with van der Waals surface area (Å²) in [6.07, 6.45) is 0. The van der Waals surface area contributed by atoms with Crippen LogP contribution in [0.1, 0.15) is 13.8 Å². The number of hydrogen-bond acceptors (Lipinski definition) is 3. The molecular weight excluding hydrogens is 236 g/mol. The van der Waals surface area contributed by atoms with E-state index in [2.05, 4.69) is 5.32 Å². The minimum absolute atomic E-state index is 0.329. The van der Waals surface area contributed by atoms with Crippen LogP contribution in [-0.4, -0.2) is 32.4 Å². The van der Waals surface area contributed by atoms with Crippen molar-refractivity contribution in [2.75, 3.05) is 25.0 Å². The van der Waals surface area contributed by atoms with E-state index in [1.807, 2.05) is 26.0 Å². The van der Waals surface area contributed by atoms with Crippen molar-refractivity contribution in [2.45, 2.75) is 18.7 Å². The zero-order chi connectivity index (χ0) is 12.5. The van der Waals surface area contributed by atoms with E-state index in [0.29, 0.717) is 36.1 Å². The fourth-order valence-corrected chi connectivity index (χ4v) is 3.78. The molecule has 5 heteroatoms. The lowest BCUT2D eigenvalue weighted by atomic mass is 10.2. The highest BCUT2D eigenvalue weighted by molar-refractivity contribution is 7.89. The maximum atomic E-state index is 12.4. The van der Waals surface area contributed by atoms with E-state index in [-0.39, 0.29) is 0 Å². The highest BCUT2D eigenvalue weighted by atomic mass is 32.2. The molecule has 1 heterocycles. The number of sulfonamides is 1. The van der Waals surface area contributed by atoms with Crippen molar-refractivity contribution >= 4 is 15.7 Å². The highest BCUT2D eigenvalue weighted by Gasteiger charge is 2.29. The van der Waals surface area contributed by atoms with E-state index >= 15 is 0 Å². The zero-order valence-corrected chi connectivity index (χ0v) is 11.0. The molecule has 0 aliphatic carbocycles. The third-order valence-corrected chi connectivity index (χ3v) is 4.67.